The van der Waals surface area contributed by atoms with Crippen molar-refractivity contribution in [2.24, 2.45) is 5.92 Å². The van der Waals surface area contributed by atoms with Gasteiger partial charge in [0, 0.05) is 0 Å². The van der Waals surface area contributed by atoms with Crippen LogP contribution in [0, 0.1) is 30.6 Å². The Kier molecular flexibility index (Phi) is 3.40. The number of carbonyl (C=O) groups is 1. The molecule has 1 rings (SSSR count). The summed E-state index contributed by atoms with van der Waals surface area (Å²) in [7, 11) is 0. The molecule has 0 heterocycles. The van der Waals surface area contributed by atoms with Crippen molar-refractivity contribution in [3.05, 3.63) is 29.8 Å². The van der Waals surface area contributed by atoms with E-state index in [1.165, 1.54) is 0 Å². The Balaban J connectivity index is 3.03. The van der Waals surface area contributed by atoms with Gasteiger partial charge in [0.25, 0.3) is 0 Å². The van der Waals surface area contributed by atoms with Gasteiger partial charge in [0.15, 0.2) is 0 Å². The van der Waals surface area contributed by atoms with Crippen molar-refractivity contribution < 1.29 is 29.5 Å². The molecule has 0 aliphatic heterocycles. The molecule has 0 amide bonds. The van der Waals surface area contributed by atoms with Crippen LogP contribution in [0.4, 0.5) is 0 Å². The molecule has 0 atom stereocenters. The molecular weight excluding hydrogens is 346 g/mol. The molecule has 0 aliphatic rings. The number of Topliss-reactive ketones (excluding diaryl/α,β-unsaturated/α-hetero) is 1. The van der Waals surface area contributed by atoms with Crippen LogP contribution in [-0.2, 0) is 0 Å². The van der Waals surface area contributed by atoms with E-state index in [-0.39, 0.29) is 11.7 Å². The SMILES string of the molecule is CC(C)C(=O)c1ccccc1[At]. The van der Waals surface area contributed by atoms with Gasteiger partial charge in [-0.25, -0.2) is 0 Å². The van der Waals surface area contributed by atoms with E-state index in [1.54, 1.807) is 24.7 Å². The Bertz CT molecular complexity index is 292. The second kappa shape index (κ2) is 4.14. The number of hydrogen-bond acceptors (Lipinski definition) is 1. The number of benzene rings is 1. The minimum atomic E-state index is 0.0979. The van der Waals surface area contributed by atoms with Crippen molar-refractivity contribution in [1.82, 2.24) is 0 Å². The van der Waals surface area contributed by atoms with Crippen LogP contribution in [0.2, 0.25) is 0 Å². The summed E-state index contributed by atoms with van der Waals surface area (Å²) in [5, 5.41) is 0. The van der Waals surface area contributed by atoms with E-state index in [2.05, 4.69) is 0 Å². The molecule has 0 aliphatic carbocycles. The zero-order valence-corrected chi connectivity index (χ0v) is 10.1. The van der Waals surface area contributed by atoms with Crippen LogP contribution in [0.3, 0.4) is 0 Å². The fourth-order valence-corrected chi connectivity index (χ4v) is 1.86. The van der Waals surface area contributed by atoms with Crippen molar-refractivity contribution in [1.29, 1.82) is 0 Å². The van der Waals surface area contributed by atoms with Crippen molar-refractivity contribution in [3.63, 3.8) is 0 Å². The Morgan fingerprint density at radius 1 is 1.33 bits per heavy atom. The average molecular weight is 357 g/mol. The topological polar surface area (TPSA) is 17.1 Å². The molecule has 0 fully saturated rings. The second-order valence-corrected chi connectivity index (χ2v) is 4.58. The zero-order chi connectivity index (χ0) is 9.14. The van der Waals surface area contributed by atoms with Gasteiger partial charge < -0.3 is 0 Å². The molecule has 1 nitrogen and oxygen atoms in total. The average Bonchev–Trinajstić information content (AvgIpc) is 2.04. The molecule has 0 saturated heterocycles. The molecule has 2 heteroatoms. The number of hydrogen-bond donors (Lipinski definition) is 0. The Morgan fingerprint density at radius 2 is 1.92 bits per heavy atom. The fraction of sp³-hybridized carbons (Fsp3) is 0.300. The predicted molar refractivity (Wildman–Crippen MR) is 45.2 cm³/mol. The molecule has 0 N–H and O–H groups in total. The van der Waals surface area contributed by atoms with Crippen LogP contribution in [0.25, 0.3) is 0 Å². The third-order valence-electron chi connectivity index (χ3n) is 1.66. The van der Waals surface area contributed by atoms with Crippen LogP contribution in [0.15, 0.2) is 24.3 Å². The summed E-state index contributed by atoms with van der Waals surface area (Å²) in [4.78, 5) is 11.6. The van der Waals surface area contributed by atoms with Gasteiger partial charge in [0.05, 0.1) is 0 Å². The summed E-state index contributed by atoms with van der Waals surface area (Å²) in [6.45, 7) is 3.86. The van der Waals surface area contributed by atoms with Gasteiger partial charge in [-0.2, -0.15) is 0 Å². The minimum absolute atomic E-state index is 0.0979. The van der Waals surface area contributed by atoms with Crippen LogP contribution in [-0.4, -0.2) is 5.78 Å². The second-order valence-electron chi connectivity index (χ2n) is 3.00. The van der Waals surface area contributed by atoms with E-state index in [9.17, 15) is 4.79 Å². The normalized spacial score (nSPS) is 10.3. The molecule has 0 unspecified atom stereocenters. The number of rotatable bonds is 2. The summed E-state index contributed by atoms with van der Waals surface area (Å²) in [6.07, 6.45) is 0. The van der Waals surface area contributed by atoms with Crippen LogP contribution in [0.1, 0.15) is 24.2 Å². The van der Waals surface area contributed by atoms with Gasteiger partial charge >= 0.3 is 88.2 Å². The first-order valence-corrected chi connectivity index (χ1v) is 5.38. The van der Waals surface area contributed by atoms with E-state index in [0.717, 1.165) is 8.83 Å². The Hall–Kier alpha value is -0.227. The first kappa shape index (κ1) is 9.86. The quantitative estimate of drug-likeness (QED) is 0.737. The van der Waals surface area contributed by atoms with Crippen LogP contribution >= 0.6 is 0 Å². The summed E-state index contributed by atoms with van der Waals surface area (Å²) < 4.78 is 1.12. The fourth-order valence-electron chi connectivity index (χ4n) is 0.972. The molecule has 0 aromatic heterocycles. The van der Waals surface area contributed by atoms with Crippen LogP contribution in [0.5, 0.6) is 0 Å². The zero-order valence-electron chi connectivity index (χ0n) is 7.17. The number of carbonyl (C=O) groups excluding carboxylic acids is 1. The summed E-state index contributed by atoms with van der Waals surface area (Å²) in [6, 6.07) is 7.77. The van der Waals surface area contributed by atoms with E-state index < -0.39 is 0 Å². The molecule has 64 valence electrons. The standard InChI is InChI=1S/C10H11AtO/c1-7(2)10(12)8-5-3-4-6-9(8)11/h3-7H,1-2H3. The summed E-state index contributed by atoms with van der Waals surface area (Å²) in [5.41, 5.74) is 0.879. The summed E-state index contributed by atoms with van der Waals surface area (Å²) >= 11 is 1.56. The van der Waals surface area contributed by atoms with E-state index in [4.69, 9.17) is 0 Å². The van der Waals surface area contributed by atoms with Crippen LogP contribution < -0.4 is 3.27 Å². The Labute approximate surface area is 88.0 Å². The first-order valence-electron chi connectivity index (χ1n) is 3.91. The molecule has 0 bridgehead atoms. The molecule has 0 saturated carbocycles. The molecule has 0 radical (unpaired) electrons. The molecular formula is C10H11AtO. The third kappa shape index (κ3) is 2.13. The van der Waals surface area contributed by atoms with E-state index in [1.807, 2.05) is 38.1 Å². The molecule has 0 spiro atoms. The first-order chi connectivity index (χ1) is 5.63. The van der Waals surface area contributed by atoms with Crippen molar-refractivity contribution >= 4 is 9.05 Å². The maximum absolute atomic E-state index is 11.6. The Morgan fingerprint density at radius 3 is 2.42 bits per heavy atom. The molecule has 1 aromatic rings. The molecule has 12 heavy (non-hydrogen) atoms. The maximum atomic E-state index is 11.6. The van der Waals surface area contributed by atoms with Gasteiger partial charge in [-0.1, -0.05) is 0 Å². The number of ketones is 1. The van der Waals surface area contributed by atoms with Crippen molar-refractivity contribution in [2.45, 2.75) is 13.8 Å². The summed E-state index contributed by atoms with van der Waals surface area (Å²) in [5.74, 6) is 0.341. The van der Waals surface area contributed by atoms with Crippen molar-refractivity contribution in [2.75, 3.05) is 0 Å². The van der Waals surface area contributed by atoms with Gasteiger partial charge in [-0.05, 0) is 0 Å². The van der Waals surface area contributed by atoms with E-state index >= 15 is 0 Å². The van der Waals surface area contributed by atoms with Gasteiger partial charge in [-0.15, -0.1) is 0 Å². The van der Waals surface area contributed by atoms with E-state index in [0.29, 0.717) is 0 Å². The monoisotopic (exact) mass is 357 g/mol. The van der Waals surface area contributed by atoms with Crippen molar-refractivity contribution in [3.8, 4) is 0 Å². The van der Waals surface area contributed by atoms with Gasteiger partial charge in [0.2, 0.25) is 0 Å². The third-order valence-corrected chi connectivity index (χ3v) is 2.94. The van der Waals surface area contributed by atoms with Gasteiger partial charge in [0.1, 0.15) is 0 Å². The predicted octanol–water partition coefficient (Wildman–Crippen LogP) is 1.70. The molecule has 1 aromatic carbocycles. The van der Waals surface area contributed by atoms with Gasteiger partial charge in [-0.3, -0.25) is 0 Å².